The molecule has 0 bridgehead atoms. The van der Waals surface area contributed by atoms with Crippen molar-refractivity contribution in [2.24, 2.45) is 0 Å². The van der Waals surface area contributed by atoms with Gasteiger partial charge in [0.15, 0.2) is 0 Å². The summed E-state index contributed by atoms with van der Waals surface area (Å²) in [5, 5.41) is 3.16. The number of aromatic nitrogens is 1. The van der Waals surface area contributed by atoms with E-state index in [2.05, 4.69) is 15.0 Å². The second kappa shape index (κ2) is 5.64. The average Bonchev–Trinajstić information content (AvgIpc) is 2.39. The van der Waals surface area contributed by atoms with Gasteiger partial charge >= 0.3 is 0 Å². The quantitative estimate of drug-likeness (QED) is 0.813. The monoisotopic (exact) mass is 271 g/mol. The Balaban J connectivity index is 2.08. The van der Waals surface area contributed by atoms with Gasteiger partial charge in [-0.1, -0.05) is 0 Å². The van der Waals surface area contributed by atoms with Gasteiger partial charge in [-0.15, -0.1) is 0 Å². The van der Waals surface area contributed by atoms with Crippen LogP contribution in [0, 0.1) is 0 Å². The smallest absolute Gasteiger partial charge is 0.242 e. The van der Waals surface area contributed by atoms with Crippen LogP contribution >= 0.6 is 0 Å². The third-order valence-corrected chi connectivity index (χ3v) is 4.35. The zero-order chi connectivity index (χ0) is 13.0. The van der Waals surface area contributed by atoms with E-state index in [4.69, 9.17) is 4.74 Å². The molecule has 0 aliphatic carbocycles. The van der Waals surface area contributed by atoms with E-state index in [1.165, 1.54) is 25.4 Å². The van der Waals surface area contributed by atoms with E-state index in [0.717, 1.165) is 19.4 Å². The summed E-state index contributed by atoms with van der Waals surface area (Å²) in [6.45, 7) is 1.62. The number of methoxy groups -OCH3 is 1. The molecule has 7 heteroatoms. The van der Waals surface area contributed by atoms with Gasteiger partial charge in [-0.25, -0.2) is 18.1 Å². The first-order chi connectivity index (χ1) is 8.62. The molecule has 100 valence electrons. The fourth-order valence-corrected chi connectivity index (χ4v) is 3.10. The molecule has 6 nitrogen and oxygen atoms in total. The third kappa shape index (κ3) is 3.18. The van der Waals surface area contributed by atoms with Gasteiger partial charge in [0.05, 0.1) is 13.3 Å². The van der Waals surface area contributed by atoms with Crippen molar-refractivity contribution in [2.45, 2.75) is 23.8 Å². The molecule has 0 amide bonds. The van der Waals surface area contributed by atoms with Crippen molar-refractivity contribution < 1.29 is 13.2 Å². The van der Waals surface area contributed by atoms with E-state index in [-0.39, 0.29) is 10.9 Å². The molecule has 0 unspecified atom stereocenters. The molecule has 1 fully saturated rings. The second-order valence-corrected chi connectivity index (χ2v) is 5.91. The van der Waals surface area contributed by atoms with Crippen molar-refractivity contribution in [1.82, 2.24) is 15.0 Å². The number of nitrogens with one attached hydrogen (secondary N) is 2. The highest BCUT2D eigenvalue weighted by molar-refractivity contribution is 7.89. The molecular weight excluding hydrogens is 254 g/mol. The number of pyridine rings is 1. The number of hydrogen-bond acceptors (Lipinski definition) is 5. The molecule has 18 heavy (non-hydrogen) atoms. The number of ether oxygens (including phenoxy) is 1. The molecule has 0 radical (unpaired) electrons. The second-order valence-electron chi connectivity index (χ2n) is 4.20. The van der Waals surface area contributed by atoms with Crippen LogP contribution in [0.25, 0.3) is 0 Å². The zero-order valence-corrected chi connectivity index (χ0v) is 11.0. The minimum absolute atomic E-state index is 0.0501. The summed E-state index contributed by atoms with van der Waals surface area (Å²) < 4.78 is 31.7. The Kier molecular flexibility index (Phi) is 4.15. The van der Waals surface area contributed by atoms with Crippen LogP contribution in [0.5, 0.6) is 5.88 Å². The van der Waals surface area contributed by atoms with Gasteiger partial charge in [0.25, 0.3) is 0 Å². The Morgan fingerprint density at radius 2 is 2.33 bits per heavy atom. The van der Waals surface area contributed by atoms with Crippen LogP contribution in [0.2, 0.25) is 0 Å². The van der Waals surface area contributed by atoms with E-state index in [1.807, 2.05) is 0 Å². The molecule has 2 rings (SSSR count). The first kappa shape index (κ1) is 13.3. The molecule has 1 aromatic rings. The van der Waals surface area contributed by atoms with Crippen molar-refractivity contribution in [3.8, 4) is 5.88 Å². The number of sulfonamides is 1. The predicted octanol–water partition coefficient (Wildman–Crippen LogP) is 0.120. The Labute approximate surface area is 107 Å². The van der Waals surface area contributed by atoms with E-state index in [1.54, 1.807) is 0 Å². The Morgan fingerprint density at radius 3 is 2.89 bits per heavy atom. The van der Waals surface area contributed by atoms with E-state index < -0.39 is 10.0 Å². The lowest BCUT2D eigenvalue weighted by molar-refractivity contribution is 0.397. The van der Waals surface area contributed by atoms with Crippen molar-refractivity contribution in [1.29, 1.82) is 0 Å². The van der Waals surface area contributed by atoms with E-state index in [0.29, 0.717) is 12.4 Å². The van der Waals surface area contributed by atoms with Crippen LogP contribution in [0.3, 0.4) is 0 Å². The van der Waals surface area contributed by atoms with Crippen molar-refractivity contribution in [3.63, 3.8) is 0 Å². The van der Waals surface area contributed by atoms with E-state index in [9.17, 15) is 8.42 Å². The lowest BCUT2D eigenvalue weighted by Crippen LogP contribution is -2.45. The summed E-state index contributed by atoms with van der Waals surface area (Å²) >= 11 is 0. The predicted molar refractivity (Wildman–Crippen MR) is 67.0 cm³/mol. The molecular formula is C11H17N3O3S. The molecule has 0 spiro atoms. The van der Waals surface area contributed by atoms with Crippen LogP contribution in [-0.4, -0.2) is 39.6 Å². The normalized spacial score (nSPS) is 20.6. The molecule has 1 atom stereocenters. The topological polar surface area (TPSA) is 80.3 Å². The Hall–Kier alpha value is -1.18. The molecule has 1 aromatic heterocycles. The molecule has 1 aliphatic heterocycles. The fraction of sp³-hybridized carbons (Fsp3) is 0.545. The lowest BCUT2D eigenvalue weighted by atomic mass is 10.1. The highest BCUT2D eigenvalue weighted by atomic mass is 32.2. The van der Waals surface area contributed by atoms with Gasteiger partial charge in [-0.05, 0) is 25.5 Å². The van der Waals surface area contributed by atoms with Crippen LogP contribution in [0.15, 0.2) is 23.2 Å². The number of piperidine rings is 1. The van der Waals surface area contributed by atoms with Gasteiger partial charge in [-0.2, -0.15) is 0 Å². The fourth-order valence-electron chi connectivity index (χ4n) is 1.89. The minimum atomic E-state index is -3.49. The van der Waals surface area contributed by atoms with Crippen molar-refractivity contribution >= 4 is 10.0 Å². The van der Waals surface area contributed by atoms with Gasteiger partial charge < -0.3 is 10.1 Å². The molecule has 2 N–H and O–H groups in total. The standard InChI is InChI=1S/C11H17N3O3S/c1-17-11-5-4-10(8-13-11)18(15,16)14-9-3-2-6-12-7-9/h4-5,8-9,12,14H,2-3,6-7H2,1H3/t9-/m1/s1. The van der Waals surface area contributed by atoms with Crippen LogP contribution < -0.4 is 14.8 Å². The number of rotatable bonds is 4. The van der Waals surface area contributed by atoms with Crippen LogP contribution in [0.1, 0.15) is 12.8 Å². The summed E-state index contributed by atoms with van der Waals surface area (Å²) in [6.07, 6.45) is 3.14. The summed E-state index contributed by atoms with van der Waals surface area (Å²) in [6, 6.07) is 2.98. The third-order valence-electron chi connectivity index (χ3n) is 2.85. The largest absolute Gasteiger partial charge is 0.481 e. The summed E-state index contributed by atoms with van der Waals surface area (Å²) in [7, 11) is -2.00. The van der Waals surface area contributed by atoms with Gasteiger partial charge in [-0.3, -0.25) is 0 Å². The first-order valence-corrected chi connectivity index (χ1v) is 7.33. The average molecular weight is 271 g/mol. The number of hydrogen-bond donors (Lipinski definition) is 2. The van der Waals surface area contributed by atoms with E-state index >= 15 is 0 Å². The van der Waals surface area contributed by atoms with Crippen LogP contribution in [-0.2, 0) is 10.0 Å². The molecule has 0 aromatic carbocycles. The summed E-state index contributed by atoms with van der Waals surface area (Å²) in [4.78, 5) is 4.06. The molecule has 0 saturated carbocycles. The minimum Gasteiger partial charge on any atom is -0.481 e. The van der Waals surface area contributed by atoms with Crippen molar-refractivity contribution in [3.05, 3.63) is 18.3 Å². The van der Waals surface area contributed by atoms with Crippen molar-refractivity contribution in [2.75, 3.05) is 20.2 Å². The van der Waals surface area contributed by atoms with Gasteiger partial charge in [0.1, 0.15) is 4.90 Å². The Morgan fingerprint density at radius 1 is 1.50 bits per heavy atom. The highest BCUT2D eigenvalue weighted by Gasteiger charge is 2.21. The molecule has 2 heterocycles. The maximum atomic E-state index is 12.1. The molecule has 1 saturated heterocycles. The SMILES string of the molecule is COc1ccc(S(=O)(=O)N[C@@H]2CCCNC2)cn1. The maximum Gasteiger partial charge on any atom is 0.242 e. The summed E-state index contributed by atoms with van der Waals surface area (Å²) in [5.41, 5.74) is 0. The maximum absolute atomic E-state index is 12.1. The highest BCUT2D eigenvalue weighted by Crippen LogP contribution is 2.13. The first-order valence-electron chi connectivity index (χ1n) is 5.85. The zero-order valence-electron chi connectivity index (χ0n) is 10.2. The lowest BCUT2D eigenvalue weighted by Gasteiger charge is -2.23. The van der Waals surface area contributed by atoms with Crippen LogP contribution in [0.4, 0.5) is 0 Å². The van der Waals surface area contributed by atoms with Gasteiger partial charge in [0.2, 0.25) is 15.9 Å². The summed E-state index contributed by atoms with van der Waals surface area (Å²) in [5.74, 6) is 0.397. The van der Waals surface area contributed by atoms with Gasteiger partial charge in [0, 0.05) is 18.7 Å². The Bertz CT molecular complexity index is 481. The molecule has 1 aliphatic rings. The number of nitrogens with zero attached hydrogens (tertiary/aromatic N) is 1.